The number of carbonyl (C=O) groups is 1. The monoisotopic (exact) mass is 326 g/mol. The number of hydrogen-bond acceptors (Lipinski definition) is 3. The highest BCUT2D eigenvalue weighted by Gasteiger charge is 2.30. The van der Waals surface area contributed by atoms with Crippen LogP contribution in [0.4, 0.5) is 0 Å². The Hall–Kier alpha value is -1.65. The second kappa shape index (κ2) is 6.46. The first-order valence-electron chi connectivity index (χ1n) is 8.43. The van der Waals surface area contributed by atoms with Crippen LogP contribution in [0.5, 0.6) is 0 Å². The molecule has 4 rings (SSSR count). The van der Waals surface area contributed by atoms with Crippen molar-refractivity contribution in [2.75, 3.05) is 19.6 Å². The summed E-state index contributed by atoms with van der Waals surface area (Å²) in [5.74, 6) is 0.281. The third-order valence-electron chi connectivity index (χ3n) is 5.06. The molecule has 3 nitrogen and oxygen atoms in total. The molecule has 2 aliphatic rings. The second-order valence-corrected chi connectivity index (χ2v) is 7.46. The molecule has 4 heteroatoms. The van der Waals surface area contributed by atoms with E-state index in [1.54, 1.807) is 0 Å². The molecule has 0 unspecified atom stereocenters. The molecule has 0 aliphatic carbocycles. The zero-order valence-corrected chi connectivity index (χ0v) is 14.1. The van der Waals surface area contributed by atoms with Gasteiger partial charge in [0.15, 0.2) is 0 Å². The fourth-order valence-electron chi connectivity index (χ4n) is 3.80. The third kappa shape index (κ3) is 3.06. The summed E-state index contributed by atoms with van der Waals surface area (Å²) in [4.78, 5) is 18.6. The normalized spacial score (nSPS) is 21.4. The standard InChI is InChI=1S/C19H22N2OS/c22-19(21-11-9-15-5-1-2-6-16(15)13-21)14-20-10-3-7-17(20)18-8-4-12-23-18/h1-2,4-6,8,12,17H,3,7,9-11,13-14H2/t17-/m1/s1. The highest BCUT2D eigenvalue weighted by Crippen LogP contribution is 2.34. The molecule has 0 bridgehead atoms. The summed E-state index contributed by atoms with van der Waals surface area (Å²) in [6.45, 7) is 3.23. The van der Waals surface area contributed by atoms with Gasteiger partial charge in [-0.3, -0.25) is 9.69 Å². The van der Waals surface area contributed by atoms with Gasteiger partial charge in [-0.05, 0) is 48.4 Å². The predicted octanol–water partition coefficient (Wildman–Crippen LogP) is 3.47. The summed E-state index contributed by atoms with van der Waals surface area (Å²) in [6.07, 6.45) is 3.35. The topological polar surface area (TPSA) is 23.6 Å². The van der Waals surface area contributed by atoms with Crippen LogP contribution in [0.1, 0.15) is 34.9 Å². The molecular weight excluding hydrogens is 304 g/mol. The molecule has 0 N–H and O–H groups in total. The summed E-state index contributed by atoms with van der Waals surface area (Å²) in [6, 6.07) is 13.3. The van der Waals surface area contributed by atoms with Crippen LogP contribution in [0.2, 0.25) is 0 Å². The van der Waals surface area contributed by atoms with Gasteiger partial charge in [0, 0.05) is 24.0 Å². The van der Waals surface area contributed by atoms with Gasteiger partial charge in [0.25, 0.3) is 0 Å². The Bertz CT molecular complexity index is 682. The van der Waals surface area contributed by atoms with Gasteiger partial charge in [-0.15, -0.1) is 11.3 Å². The molecule has 1 aromatic carbocycles. The number of fused-ring (bicyclic) bond motifs is 1. The zero-order chi connectivity index (χ0) is 15.6. The molecule has 1 amide bonds. The summed E-state index contributed by atoms with van der Waals surface area (Å²) in [5, 5.41) is 2.13. The lowest BCUT2D eigenvalue weighted by molar-refractivity contribution is -0.133. The van der Waals surface area contributed by atoms with Crippen molar-refractivity contribution in [2.24, 2.45) is 0 Å². The molecule has 120 valence electrons. The Labute approximate surface area is 141 Å². The number of thiophene rings is 1. The maximum atomic E-state index is 12.8. The molecule has 0 spiro atoms. The van der Waals surface area contributed by atoms with E-state index in [4.69, 9.17) is 0 Å². The van der Waals surface area contributed by atoms with E-state index < -0.39 is 0 Å². The zero-order valence-electron chi connectivity index (χ0n) is 13.3. The fraction of sp³-hybridized carbons (Fsp3) is 0.421. The van der Waals surface area contributed by atoms with Crippen LogP contribution in [0.25, 0.3) is 0 Å². The van der Waals surface area contributed by atoms with Crippen molar-refractivity contribution in [2.45, 2.75) is 31.8 Å². The summed E-state index contributed by atoms with van der Waals surface area (Å²) >= 11 is 1.81. The van der Waals surface area contributed by atoms with Gasteiger partial charge in [0.05, 0.1) is 6.54 Å². The van der Waals surface area contributed by atoms with E-state index in [1.807, 2.05) is 16.2 Å². The van der Waals surface area contributed by atoms with Crippen molar-refractivity contribution in [3.63, 3.8) is 0 Å². The van der Waals surface area contributed by atoms with Crippen molar-refractivity contribution >= 4 is 17.2 Å². The van der Waals surface area contributed by atoms with Crippen LogP contribution in [0.3, 0.4) is 0 Å². The average molecular weight is 326 g/mol. The van der Waals surface area contributed by atoms with Crippen LogP contribution in [-0.4, -0.2) is 35.3 Å². The number of amides is 1. The lowest BCUT2D eigenvalue weighted by atomic mass is 10.00. The lowest BCUT2D eigenvalue weighted by Gasteiger charge is -2.31. The Morgan fingerprint density at radius 1 is 1.13 bits per heavy atom. The Morgan fingerprint density at radius 3 is 2.83 bits per heavy atom. The van der Waals surface area contributed by atoms with E-state index in [1.165, 1.54) is 28.8 Å². The first-order valence-corrected chi connectivity index (χ1v) is 9.31. The van der Waals surface area contributed by atoms with Crippen LogP contribution in [0, 0.1) is 0 Å². The summed E-state index contributed by atoms with van der Waals surface area (Å²) in [7, 11) is 0. The Kier molecular flexibility index (Phi) is 4.19. The molecule has 1 saturated heterocycles. The van der Waals surface area contributed by atoms with Crippen LogP contribution in [0.15, 0.2) is 41.8 Å². The van der Waals surface area contributed by atoms with Crippen molar-refractivity contribution < 1.29 is 4.79 Å². The second-order valence-electron chi connectivity index (χ2n) is 6.48. The quantitative estimate of drug-likeness (QED) is 0.862. The lowest BCUT2D eigenvalue weighted by Crippen LogP contribution is -2.42. The molecule has 1 aromatic heterocycles. The molecule has 0 saturated carbocycles. The minimum Gasteiger partial charge on any atom is -0.337 e. The molecule has 23 heavy (non-hydrogen) atoms. The molecule has 2 aliphatic heterocycles. The van der Waals surface area contributed by atoms with Crippen LogP contribution >= 0.6 is 11.3 Å². The number of hydrogen-bond donors (Lipinski definition) is 0. The van der Waals surface area contributed by atoms with Crippen molar-refractivity contribution in [1.82, 2.24) is 9.80 Å². The van der Waals surface area contributed by atoms with E-state index in [9.17, 15) is 4.79 Å². The van der Waals surface area contributed by atoms with Crippen LogP contribution in [-0.2, 0) is 17.8 Å². The summed E-state index contributed by atoms with van der Waals surface area (Å²) < 4.78 is 0. The largest absolute Gasteiger partial charge is 0.337 e. The van der Waals surface area contributed by atoms with Crippen LogP contribution < -0.4 is 0 Å². The predicted molar refractivity (Wildman–Crippen MR) is 93.4 cm³/mol. The molecular formula is C19H22N2OS. The van der Waals surface area contributed by atoms with E-state index in [-0.39, 0.29) is 5.91 Å². The molecule has 2 aromatic rings. The smallest absolute Gasteiger partial charge is 0.237 e. The van der Waals surface area contributed by atoms with Gasteiger partial charge in [0.2, 0.25) is 5.91 Å². The van der Waals surface area contributed by atoms with Gasteiger partial charge in [0.1, 0.15) is 0 Å². The third-order valence-corrected chi connectivity index (χ3v) is 6.03. The molecule has 1 fully saturated rings. The number of benzene rings is 1. The van der Waals surface area contributed by atoms with Gasteiger partial charge in [-0.1, -0.05) is 30.3 Å². The first kappa shape index (κ1) is 14.9. The number of carbonyl (C=O) groups excluding carboxylic acids is 1. The fourth-order valence-corrected chi connectivity index (χ4v) is 4.70. The van der Waals surface area contributed by atoms with Gasteiger partial charge in [-0.2, -0.15) is 0 Å². The number of nitrogens with zero attached hydrogens (tertiary/aromatic N) is 2. The van der Waals surface area contributed by atoms with E-state index in [0.29, 0.717) is 12.6 Å². The minimum absolute atomic E-state index is 0.281. The highest BCUT2D eigenvalue weighted by molar-refractivity contribution is 7.10. The maximum Gasteiger partial charge on any atom is 0.237 e. The Balaban J connectivity index is 1.42. The molecule has 3 heterocycles. The average Bonchev–Trinajstić information content (AvgIpc) is 3.25. The number of likely N-dealkylation sites (tertiary alicyclic amines) is 1. The maximum absolute atomic E-state index is 12.8. The van der Waals surface area contributed by atoms with Crippen molar-refractivity contribution in [1.29, 1.82) is 0 Å². The highest BCUT2D eigenvalue weighted by atomic mass is 32.1. The molecule has 0 radical (unpaired) electrons. The number of rotatable bonds is 3. The van der Waals surface area contributed by atoms with Gasteiger partial charge >= 0.3 is 0 Å². The minimum atomic E-state index is 0.281. The Morgan fingerprint density at radius 2 is 2.00 bits per heavy atom. The van der Waals surface area contributed by atoms with E-state index >= 15 is 0 Å². The van der Waals surface area contributed by atoms with Gasteiger partial charge < -0.3 is 4.90 Å². The summed E-state index contributed by atoms with van der Waals surface area (Å²) in [5.41, 5.74) is 2.71. The van der Waals surface area contributed by atoms with Crippen molar-refractivity contribution in [3.8, 4) is 0 Å². The van der Waals surface area contributed by atoms with Crippen molar-refractivity contribution in [3.05, 3.63) is 57.8 Å². The SMILES string of the molecule is O=C(CN1CCC[C@@H]1c1cccs1)N1CCc2ccccc2C1. The first-order chi connectivity index (χ1) is 11.3. The van der Waals surface area contributed by atoms with E-state index in [0.717, 1.165) is 26.1 Å². The molecule has 1 atom stereocenters. The van der Waals surface area contributed by atoms with Gasteiger partial charge in [-0.25, -0.2) is 0 Å². The van der Waals surface area contributed by atoms with E-state index in [2.05, 4.69) is 46.7 Å².